The molecule has 198 valence electrons. The van der Waals surface area contributed by atoms with Gasteiger partial charge < -0.3 is 10.5 Å². The molecule has 1 atom stereocenters. The lowest BCUT2D eigenvalue weighted by molar-refractivity contribution is 0.0920. The van der Waals surface area contributed by atoms with Gasteiger partial charge in [0.05, 0.1) is 27.9 Å². The number of carbonyl (C=O) groups is 3. The van der Waals surface area contributed by atoms with E-state index in [1.165, 1.54) is 53.3 Å². The Balaban J connectivity index is 1.50. The average molecular weight is 539 g/mol. The molecule has 0 bridgehead atoms. The molecular weight excluding hydrogens is 520 g/mol. The highest BCUT2D eigenvalue weighted by molar-refractivity contribution is 6.34. The normalized spacial score (nSPS) is 13.5. The lowest BCUT2D eigenvalue weighted by atomic mass is 10.0. The maximum atomic E-state index is 14.8. The van der Waals surface area contributed by atoms with Crippen LogP contribution in [0.1, 0.15) is 49.7 Å². The zero-order valence-corrected chi connectivity index (χ0v) is 20.8. The number of amides is 3. The molecule has 0 aliphatic carbocycles. The SMILES string of the molecule is CC(Oc1cc2cc(F)ccc2nc1N1C(=O)c2ccccc2C1=O)c1cc(C(N)=O)c(F)cc1-n1cccn1. The Morgan fingerprint density at radius 1 is 0.975 bits per heavy atom. The summed E-state index contributed by atoms with van der Waals surface area (Å²) in [5, 5.41) is 4.51. The molecular formula is C29H19F2N5O4. The minimum Gasteiger partial charge on any atom is -0.482 e. The van der Waals surface area contributed by atoms with E-state index in [0.29, 0.717) is 16.5 Å². The van der Waals surface area contributed by atoms with Crippen molar-refractivity contribution in [1.82, 2.24) is 14.8 Å². The largest absolute Gasteiger partial charge is 0.482 e. The number of hydrogen-bond donors (Lipinski definition) is 1. The molecule has 1 aliphatic heterocycles. The Hall–Kier alpha value is -5.45. The number of nitrogens with two attached hydrogens (primary N) is 1. The van der Waals surface area contributed by atoms with Crippen molar-refractivity contribution >= 4 is 34.4 Å². The molecule has 5 aromatic rings. The smallest absolute Gasteiger partial charge is 0.267 e. The van der Waals surface area contributed by atoms with Crippen LogP contribution < -0.4 is 15.4 Å². The molecule has 6 rings (SSSR count). The first-order valence-electron chi connectivity index (χ1n) is 12.1. The molecule has 2 N–H and O–H groups in total. The van der Waals surface area contributed by atoms with Crippen LogP contribution in [0, 0.1) is 11.6 Å². The molecule has 3 amide bonds. The fourth-order valence-corrected chi connectivity index (χ4v) is 4.70. The molecule has 1 unspecified atom stereocenters. The number of hydrogen-bond acceptors (Lipinski definition) is 6. The Kier molecular flexibility index (Phi) is 5.83. The van der Waals surface area contributed by atoms with Gasteiger partial charge >= 0.3 is 0 Å². The van der Waals surface area contributed by atoms with Crippen molar-refractivity contribution < 1.29 is 27.9 Å². The molecule has 2 aromatic heterocycles. The molecule has 3 aromatic carbocycles. The summed E-state index contributed by atoms with van der Waals surface area (Å²) in [6, 6.07) is 15.7. The van der Waals surface area contributed by atoms with Gasteiger partial charge in [0.25, 0.3) is 17.7 Å². The Labute approximate surface area is 225 Å². The predicted octanol–water partition coefficient (Wildman–Crippen LogP) is 4.74. The second kappa shape index (κ2) is 9.38. The molecule has 0 radical (unpaired) electrons. The Morgan fingerprint density at radius 2 is 1.70 bits per heavy atom. The third kappa shape index (κ3) is 4.04. The van der Waals surface area contributed by atoms with Crippen molar-refractivity contribution in [2.24, 2.45) is 5.73 Å². The maximum Gasteiger partial charge on any atom is 0.267 e. The number of anilines is 1. The number of primary amides is 1. The van der Waals surface area contributed by atoms with Crippen LogP contribution >= 0.6 is 0 Å². The van der Waals surface area contributed by atoms with E-state index >= 15 is 0 Å². The summed E-state index contributed by atoms with van der Waals surface area (Å²) in [6.07, 6.45) is 2.16. The van der Waals surface area contributed by atoms with Crippen LogP contribution in [0.2, 0.25) is 0 Å². The van der Waals surface area contributed by atoms with E-state index < -0.39 is 35.5 Å². The molecule has 3 heterocycles. The Bertz CT molecular complexity index is 1820. The van der Waals surface area contributed by atoms with Crippen molar-refractivity contribution in [3.8, 4) is 11.4 Å². The minimum atomic E-state index is -0.979. The van der Waals surface area contributed by atoms with E-state index in [1.807, 2.05) is 0 Å². The number of pyridine rings is 1. The van der Waals surface area contributed by atoms with Gasteiger partial charge in [0.15, 0.2) is 11.6 Å². The van der Waals surface area contributed by atoms with E-state index in [0.717, 1.165) is 11.0 Å². The van der Waals surface area contributed by atoms with Crippen molar-refractivity contribution in [2.45, 2.75) is 13.0 Å². The minimum absolute atomic E-state index is 0.0172. The Morgan fingerprint density at radius 3 is 2.35 bits per heavy atom. The highest BCUT2D eigenvalue weighted by Crippen LogP contribution is 2.39. The van der Waals surface area contributed by atoms with Crippen molar-refractivity contribution in [3.63, 3.8) is 0 Å². The van der Waals surface area contributed by atoms with Gasteiger partial charge in [-0.05, 0) is 55.5 Å². The van der Waals surface area contributed by atoms with Gasteiger partial charge in [0.2, 0.25) is 0 Å². The average Bonchev–Trinajstić information content (AvgIpc) is 3.55. The maximum absolute atomic E-state index is 14.8. The summed E-state index contributed by atoms with van der Waals surface area (Å²) >= 11 is 0. The second-order valence-corrected chi connectivity index (χ2v) is 9.10. The standard InChI is InChI=1S/C29H19F2N5O4/c1-15(20-13-21(26(32)37)22(31)14-24(20)35-10-4-9-33-35)40-25-12-16-11-17(30)7-8-23(16)34-27(25)36-28(38)18-5-2-3-6-19(18)29(36)39/h2-15H,1H3,(H2,32,37). The summed E-state index contributed by atoms with van der Waals surface area (Å²) < 4.78 is 36.5. The highest BCUT2D eigenvalue weighted by Gasteiger charge is 2.39. The number of aromatic nitrogens is 3. The van der Waals surface area contributed by atoms with Gasteiger partial charge in [0, 0.05) is 29.4 Å². The van der Waals surface area contributed by atoms with Gasteiger partial charge in [-0.3, -0.25) is 14.4 Å². The number of carbonyl (C=O) groups excluding carboxylic acids is 3. The van der Waals surface area contributed by atoms with Crippen LogP contribution in [0.25, 0.3) is 16.6 Å². The van der Waals surface area contributed by atoms with E-state index in [9.17, 15) is 23.2 Å². The van der Waals surface area contributed by atoms with Crippen LogP contribution in [-0.4, -0.2) is 32.5 Å². The highest BCUT2D eigenvalue weighted by atomic mass is 19.1. The van der Waals surface area contributed by atoms with Crippen molar-refractivity contribution in [3.05, 3.63) is 113 Å². The van der Waals surface area contributed by atoms with Crippen LogP contribution in [-0.2, 0) is 0 Å². The monoisotopic (exact) mass is 539 g/mol. The van der Waals surface area contributed by atoms with E-state index in [2.05, 4.69) is 10.1 Å². The lowest BCUT2D eigenvalue weighted by Crippen LogP contribution is -2.31. The fourth-order valence-electron chi connectivity index (χ4n) is 4.70. The molecule has 9 nitrogen and oxygen atoms in total. The first-order chi connectivity index (χ1) is 19.2. The third-order valence-corrected chi connectivity index (χ3v) is 6.60. The summed E-state index contributed by atoms with van der Waals surface area (Å²) in [5.41, 5.74) is 6.36. The van der Waals surface area contributed by atoms with Crippen LogP contribution in [0.15, 0.2) is 79.1 Å². The molecule has 0 spiro atoms. The van der Waals surface area contributed by atoms with Gasteiger partial charge in [-0.15, -0.1) is 0 Å². The topological polar surface area (TPSA) is 120 Å². The summed E-state index contributed by atoms with van der Waals surface area (Å²) in [7, 11) is 0. The van der Waals surface area contributed by atoms with Gasteiger partial charge in [-0.1, -0.05) is 12.1 Å². The second-order valence-electron chi connectivity index (χ2n) is 9.10. The molecule has 1 aliphatic rings. The quantitative estimate of drug-likeness (QED) is 0.311. The number of rotatable bonds is 6. The van der Waals surface area contributed by atoms with E-state index in [4.69, 9.17) is 10.5 Å². The van der Waals surface area contributed by atoms with Crippen molar-refractivity contribution in [2.75, 3.05) is 4.90 Å². The zero-order chi connectivity index (χ0) is 28.1. The van der Waals surface area contributed by atoms with Crippen LogP contribution in [0.4, 0.5) is 14.6 Å². The molecule has 0 saturated carbocycles. The summed E-state index contributed by atoms with van der Waals surface area (Å²) in [5.74, 6) is -3.65. The first kappa shape index (κ1) is 24.9. The fraction of sp³-hybridized carbons (Fsp3) is 0.0690. The number of fused-ring (bicyclic) bond motifs is 2. The van der Waals surface area contributed by atoms with E-state index in [1.54, 1.807) is 31.3 Å². The van der Waals surface area contributed by atoms with Crippen LogP contribution in [0.5, 0.6) is 5.75 Å². The first-order valence-corrected chi connectivity index (χ1v) is 12.1. The van der Waals surface area contributed by atoms with Gasteiger partial charge in [0.1, 0.15) is 17.7 Å². The number of halogens is 2. The summed E-state index contributed by atoms with van der Waals surface area (Å²) in [6.45, 7) is 1.62. The van der Waals surface area contributed by atoms with Gasteiger partial charge in [-0.2, -0.15) is 5.10 Å². The number of nitrogens with zero attached hydrogens (tertiary/aromatic N) is 4. The number of benzene rings is 3. The number of ether oxygens (including phenoxy) is 1. The van der Waals surface area contributed by atoms with Crippen LogP contribution in [0.3, 0.4) is 0 Å². The predicted molar refractivity (Wildman–Crippen MR) is 140 cm³/mol. The molecule has 40 heavy (non-hydrogen) atoms. The molecule has 0 saturated heterocycles. The van der Waals surface area contributed by atoms with Crippen molar-refractivity contribution in [1.29, 1.82) is 0 Å². The lowest BCUT2D eigenvalue weighted by Gasteiger charge is -2.23. The third-order valence-electron chi connectivity index (χ3n) is 6.60. The summed E-state index contributed by atoms with van der Waals surface area (Å²) in [4.78, 5) is 44.0. The van der Waals surface area contributed by atoms with E-state index in [-0.39, 0.29) is 33.9 Å². The van der Waals surface area contributed by atoms with Gasteiger partial charge in [-0.25, -0.2) is 23.3 Å². The molecule has 11 heteroatoms. The molecule has 0 fully saturated rings. The number of imide groups is 1. The zero-order valence-electron chi connectivity index (χ0n) is 20.8.